The fraction of sp³-hybridized carbons (Fsp3) is 1.00. The van der Waals surface area contributed by atoms with E-state index in [0.717, 1.165) is 11.8 Å². The Morgan fingerprint density at radius 1 is 1.00 bits per heavy atom. The summed E-state index contributed by atoms with van der Waals surface area (Å²) in [7, 11) is 0. The van der Waals surface area contributed by atoms with Crippen molar-refractivity contribution < 1.29 is 0 Å². The molecule has 0 heterocycles. The second-order valence-corrected chi connectivity index (χ2v) is 2.89. The molecule has 0 aromatic carbocycles. The van der Waals surface area contributed by atoms with Gasteiger partial charge in [-0.15, -0.1) is 0 Å². The maximum Gasteiger partial charge on any atom is -0.0417 e. The minimum atomic E-state index is 1.01. The number of rotatable bonds is 0. The fourth-order valence-corrected chi connectivity index (χ4v) is 1.33. The topological polar surface area (TPSA) is 0 Å². The highest BCUT2D eigenvalue weighted by atomic mass is 14.2. The molecule has 0 unspecified atom stereocenters. The highest BCUT2D eigenvalue weighted by Gasteiger charge is 2.17. The largest absolute Gasteiger partial charge is 0.0623 e. The van der Waals surface area contributed by atoms with E-state index in [1.165, 1.54) is 19.3 Å². The highest BCUT2D eigenvalue weighted by Crippen LogP contribution is 2.29. The van der Waals surface area contributed by atoms with Crippen molar-refractivity contribution in [2.45, 2.75) is 33.1 Å². The van der Waals surface area contributed by atoms with Gasteiger partial charge in [-0.1, -0.05) is 33.1 Å². The summed E-state index contributed by atoms with van der Waals surface area (Å²) in [5, 5.41) is 0. The predicted octanol–water partition coefficient (Wildman–Crippen LogP) is 2.44. The number of hydrogen-bond acceptors (Lipinski definition) is 0. The van der Waals surface area contributed by atoms with Crippen molar-refractivity contribution in [1.82, 2.24) is 0 Å². The monoisotopic (exact) mass is 98.1 g/mol. The van der Waals surface area contributed by atoms with Gasteiger partial charge < -0.3 is 0 Å². The molecule has 0 saturated heterocycles. The average Bonchev–Trinajstić information content (AvgIpc) is 1.91. The van der Waals surface area contributed by atoms with Gasteiger partial charge in [0.1, 0.15) is 0 Å². The Morgan fingerprint density at radius 3 is 1.57 bits per heavy atom. The molecule has 1 rings (SSSR count). The first kappa shape index (κ1) is 5.14. The standard InChI is InChI=1S/C7H14/c1-6-4-3-5-7(6)2/h6-7H,3-5H2,1-2H3/t6-,7-/m1/s1. The summed E-state index contributed by atoms with van der Waals surface area (Å²) in [6.07, 6.45) is 4.42. The number of hydrogen-bond donors (Lipinski definition) is 0. The second kappa shape index (κ2) is 1.85. The third-order valence-corrected chi connectivity index (χ3v) is 2.29. The van der Waals surface area contributed by atoms with E-state index < -0.39 is 0 Å². The van der Waals surface area contributed by atoms with Crippen LogP contribution in [0.5, 0.6) is 0 Å². The molecule has 1 aliphatic rings. The quantitative estimate of drug-likeness (QED) is 0.436. The molecule has 7 heavy (non-hydrogen) atoms. The van der Waals surface area contributed by atoms with Gasteiger partial charge in [0.05, 0.1) is 0 Å². The van der Waals surface area contributed by atoms with Gasteiger partial charge in [-0.05, 0) is 11.8 Å². The van der Waals surface area contributed by atoms with Crippen molar-refractivity contribution in [3.8, 4) is 0 Å². The maximum absolute atomic E-state index is 2.36. The molecule has 42 valence electrons. The first-order valence-electron chi connectivity index (χ1n) is 3.30. The smallest absolute Gasteiger partial charge is 0.0417 e. The molecule has 1 aliphatic carbocycles. The Balaban J connectivity index is 2.33. The SMILES string of the molecule is C[C@@H]1CCC[C@H]1C. The predicted molar refractivity (Wildman–Crippen MR) is 32.2 cm³/mol. The molecule has 0 radical (unpaired) electrons. The summed E-state index contributed by atoms with van der Waals surface area (Å²) in [5.41, 5.74) is 0. The van der Waals surface area contributed by atoms with Crippen LogP contribution in [-0.2, 0) is 0 Å². The molecule has 1 saturated carbocycles. The summed E-state index contributed by atoms with van der Waals surface area (Å²) in [6.45, 7) is 4.72. The van der Waals surface area contributed by atoms with Crippen molar-refractivity contribution in [3.63, 3.8) is 0 Å². The zero-order chi connectivity index (χ0) is 5.28. The zero-order valence-corrected chi connectivity index (χ0v) is 5.28. The molecule has 0 N–H and O–H groups in total. The van der Waals surface area contributed by atoms with Crippen LogP contribution in [0.1, 0.15) is 33.1 Å². The first-order chi connectivity index (χ1) is 3.30. The van der Waals surface area contributed by atoms with Crippen LogP contribution in [0.25, 0.3) is 0 Å². The lowest BCUT2D eigenvalue weighted by Crippen LogP contribution is -1.95. The molecule has 1 fully saturated rings. The molecule has 0 aromatic heterocycles. The molecule has 2 atom stereocenters. The van der Waals surface area contributed by atoms with Crippen LogP contribution in [-0.4, -0.2) is 0 Å². The minimum absolute atomic E-state index is 1.01. The van der Waals surface area contributed by atoms with Crippen molar-refractivity contribution >= 4 is 0 Å². The average molecular weight is 98.2 g/mol. The van der Waals surface area contributed by atoms with E-state index in [9.17, 15) is 0 Å². The van der Waals surface area contributed by atoms with E-state index in [1.807, 2.05) is 0 Å². The normalized spacial score (nSPS) is 42.0. The van der Waals surface area contributed by atoms with Gasteiger partial charge >= 0.3 is 0 Å². The van der Waals surface area contributed by atoms with Gasteiger partial charge in [-0.3, -0.25) is 0 Å². The Labute approximate surface area is 45.9 Å². The molecule has 0 spiro atoms. The summed E-state index contributed by atoms with van der Waals surface area (Å²) < 4.78 is 0. The van der Waals surface area contributed by atoms with Crippen LogP contribution in [0.15, 0.2) is 0 Å². The molecule has 0 bridgehead atoms. The molecule has 0 nitrogen and oxygen atoms in total. The minimum Gasteiger partial charge on any atom is -0.0623 e. The van der Waals surface area contributed by atoms with E-state index in [4.69, 9.17) is 0 Å². The summed E-state index contributed by atoms with van der Waals surface area (Å²) in [4.78, 5) is 0. The van der Waals surface area contributed by atoms with Crippen LogP contribution in [0.3, 0.4) is 0 Å². The summed E-state index contributed by atoms with van der Waals surface area (Å²) in [5.74, 6) is 2.03. The molecular formula is C7H14. The molecular weight excluding hydrogens is 84.1 g/mol. The van der Waals surface area contributed by atoms with Gasteiger partial charge in [0.2, 0.25) is 0 Å². The Morgan fingerprint density at radius 2 is 1.43 bits per heavy atom. The van der Waals surface area contributed by atoms with E-state index >= 15 is 0 Å². The van der Waals surface area contributed by atoms with Crippen LogP contribution < -0.4 is 0 Å². The van der Waals surface area contributed by atoms with Gasteiger partial charge in [0.25, 0.3) is 0 Å². The van der Waals surface area contributed by atoms with Crippen molar-refractivity contribution in [3.05, 3.63) is 0 Å². The van der Waals surface area contributed by atoms with Crippen molar-refractivity contribution in [2.75, 3.05) is 0 Å². The van der Waals surface area contributed by atoms with Crippen molar-refractivity contribution in [1.29, 1.82) is 0 Å². The Bertz CT molecular complexity index is 49.1. The van der Waals surface area contributed by atoms with Gasteiger partial charge in [-0.2, -0.15) is 0 Å². The van der Waals surface area contributed by atoms with Crippen LogP contribution >= 0.6 is 0 Å². The molecule has 0 amide bonds. The van der Waals surface area contributed by atoms with Crippen molar-refractivity contribution in [2.24, 2.45) is 11.8 Å². The van der Waals surface area contributed by atoms with Crippen LogP contribution in [0.4, 0.5) is 0 Å². The highest BCUT2D eigenvalue weighted by molar-refractivity contribution is 4.69. The molecule has 0 aromatic rings. The lowest BCUT2D eigenvalue weighted by atomic mass is 10.0. The van der Waals surface area contributed by atoms with E-state index in [0.29, 0.717) is 0 Å². The van der Waals surface area contributed by atoms with E-state index in [1.54, 1.807) is 0 Å². The molecule has 0 aliphatic heterocycles. The molecule has 0 heteroatoms. The Hall–Kier alpha value is 0. The van der Waals surface area contributed by atoms with Crippen LogP contribution in [0.2, 0.25) is 0 Å². The van der Waals surface area contributed by atoms with E-state index in [2.05, 4.69) is 13.8 Å². The van der Waals surface area contributed by atoms with Gasteiger partial charge in [0, 0.05) is 0 Å². The van der Waals surface area contributed by atoms with Gasteiger partial charge in [-0.25, -0.2) is 0 Å². The summed E-state index contributed by atoms with van der Waals surface area (Å²) >= 11 is 0. The first-order valence-corrected chi connectivity index (χ1v) is 3.30. The fourth-order valence-electron chi connectivity index (χ4n) is 1.33. The maximum atomic E-state index is 2.36. The Kier molecular flexibility index (Phi) is 1.36. The zero-order valence-electron chi connectivity index (χ0n) is 5.28. The third-order valence-electron chi connectivity index (χ3n) is 2.29. The van der Waals surface area contributed by atoms with Gasteiger partial charge in [0.15, 0.2) is 0 Å². The second-order valence-electron chi connectivity index (χ2n) is 2.89. The summed E-state index contributed by atoms with van der Waals surface area (Å²) in [6, 6.07) is 0. The van der Waals surface area contributed by atoms with Crippen LogP contribution in [0, 0.1) is 11.8 Å². The lowest BCUT2D eigenvalue weighted by molar-refractivity contribution is 0.457. The lowest BCUT2D eigenvalue weighted by Gasteiger charge is -2.05. The van der Waals surface area contributed by atoms with E-state index in [-0.39, 0.29) is 0 Å². The third kappa shape index (κ3) is 0.960.